The van der Waals surface area contributed by atoms with Crippen LogP contribution in [0.5, 0.6) is 0 Å². The topological polar surface area (TPSA) is 3.24 Å². The maximum atomic E-state index is 6.25. The Morgan fingerprint density at radius 1 is 1.15 bits per heavy atom. The fourth-order valence-corrected chi connectivity index (χ4v) is 3.85. The van der Waals surface area contributed by atoms with E-state index in [1.54, 1.807) is 0 Å². The minimum absolute atomic E-state index is 0.252. The van der Waals surface area contributed by atoms with Gasteiger partial charge < -0.3 is 4.90 Å². The minimum atomic E-state index is 0.252. The lowest BCUT2D eigenvalue weighted by atomic mass is 9.58. The molecule has 1 nitrogen and oxygen atoms in total. The quantitative estimate of drug-likeness (QED) is 0.704. The van der Waals surface area contributed by atoms with Gasteiger partial charge in [-0.15, -0.1) is 0 Å². The van der Waals surface area contributed by atoms with E-state index in [1.807, 2.05) is 6.07 Å². The van der Waals surface area contributed by atoms with Gasteiger partial charge in [-0.2, -0.15) is 0 Å². The largest absolute Gasteiger partial charge is 0.306 e. The third-order valence-electron chi connectivity index (χ3n) is 4.70. The van der Waals surface area contributed by atoms with Crippen LogP contribution in [0.3, 0.4) is 0 Å². The van der Waals surface area contributed by atoms with Gasteiger partial charge in [0.05, 0.1) is 10.0 Å². The van der Waals surface area contributed by atoms with Crippen molar-refractivity contribution in [3.8, 4) is 0 Å². The van der Waals surface area contributed by atoms with Crippen molar-refractivity contribution in [1.29, 1.82) is 0 Å². The van der Waals surface area contributed by atoms with Crippen molar-refractivity contribution in [3.63, 3.8) is 0 Å². The predicted molar refractivity (Wildman–Crippen MR) is 88.9 cm³/mol. The number of likely N-dealkylation sites (N-methyl/N-ethyl adjacent to an activating group) is 1. The molecule has 0 spiro atoms. The van der Waals surface area contributed by atoms with E-state index in [4.69, 9.17) is 23.2 Å². The maximum absolute atomic E-state index is 6.25. The van der Waals surface area contributed by atoms with E-state index in [2.05, 4.69) is 45.0 Å². The van der Waals surface area contributed by atoms with Crippen molar-refractivity contribution in [3.05, 3.63) is 33.8 Å². The van der Waals surface area contributed by atoms with Crippen LogP contribution >= 0.6 is 23.2 Å². The van der Waals surface area contributed by atoms with E-state index in [9.17, 15) is 0 Å². The summed E-state index contributed by atoms with van der Waals surface area (Å²) in [6.45, 7) is 4.61. The highest BCUT2D eigenvalue weighted by Gasteiger charge is 2.46. The van der Waals surface area contributed by atoms with Gasteiger partial charge in [-0.25, -0.2) is 0 Å². The third kappa shape index (κ3) is 3.00. The zero-order valence-electron chi connectivity index (χ0n) is 12.9. The second kappa shape index (κ2) is 6.25. The molecular formula is C17H25Cl2N. The Kier molecular flexibility index (Phi) is 5.05. The average Bonchev–Trinajstić information content (AvgIpc) is 2.30. The molecule has 1 saturated carbocycles. The Balaban J connectivity index is 2.38. The molecule has 0 amide bonds. The zero-order chi connectivity index (χ0) is 14.9. The Labute approximate surface area is 133 Å². The van der Waals surface area contributed by atoms with Gasteiger partial charge >= 0.3 is 0 Å². The smallest absolute Gasteiger partial charge is 0.0595 e. The Hall–Kier alpha value is -0.240. The van der Waals surface area contributed by atoms with Gasteiger partial charge in [0.1, 0.15) is 0 Å². The normalized spacial score (nSPS) is 19.2. The Bertz CT molecular complexity index is 464. The number of hydrogen-bond acceptors (Lipinski definition) is 1. The van der Waals surface area contributed by atoms with Crippen molar-refractivity contribution in [2.75, 3.05) is 14.1 Å². The third-order valence-corrected chi connectivity index (χ3v) is 5.44. The van der Waals surface area contributed by atoms with Gasteiger partial charge in [0.2, 0.25) is 0 Å². The van der Waals surface area contributed by atoms with Crippen LogP contribution in [0, 0.1) is 5.92 Å². The van der Waals surface area contributed by atoms with Crippen LogP contribution < -0.4 is 0 Å². The summed E-state index contributed by atoms with van der Waals surface area (Å²) in [4.78, 5) is 2.39. The van der Waals surface area contributed by atoms with E-state index in [0.29, 0.717) is 22.0 Å². The van der Waals surface area contributed by atoms with Crippen LogP contribution in [0.25, 0.3) is 0 Å². The van der Waals surface area contributed by atoms with Crippen LogP contribution in [-0.2, 0) is 5.41 Å². The molecule has 3 heteroatoms. The molecule has 1 atom stereocenters. The van der Waals surface area contributed by atoms with Crippen LogP contribution in [0.4, 0.5) is 0 Å². The van der Waals surface area contributed by atoms with Crippen LogP contribution in [-0.4, -0.2) is 25.0 Å². The standard InChI is InChI=1S/C17H25Cl2N/c1-12(2)10-16(20(3)4)17(8-5-9-17)13-6-7-14(18)15(19)11-13/h6-7,11-12,16H,5,8-10H2,1-4H3. The lowest BCUT2D eigenvalue weighted by Crippen LogP contribution is -2.52. The average molecular weight is 314 g/mol. The van der Waals surface area contributed by atoms with Crippen molar-refractivity contribution in [1.82, 2.24) is 4.90 Å². The molecule has 0 bridgehead atoms. The molecule has 20 heavy (non-hydrogen) atoms. The molecule has 0 heterocycles. The number of halogens is 2. The molecule has 1 aromatic rings. The van der Waals surface area contributed by atoms with Crippen molar-refractivity contribution in [2.45, 2.75) is 51.0 Å². The molecule has 0 aliphatic heterocycles. The molecule has 0 aromatic heterocycles. The Morgan fingerprint density at radius 3 is 2.20 bits per heavy atom. The summed E-state index contributed by atoms with van der Waals surface area (Å²) in [5.41, 5.74) is 1.61. The molecule has 112 valence electrons. The highest BCUT2D eigenvalue weighted by Crippen LogP contribution is 2.50. The van der Waals surface area contributed by atoms with Gasteiger partial charge in [-0.1, -0.05) is 49.5 Å². The zero-order valence-corrected chi connectivity index (χ0v) is 14.4. The molecule has 0 radical (unpaired) electrons. The summed E-state index contributed by atoms with van der Waals surface area (Å²) in [6, 6.07) is 6.76. The van der Waals surface area contributed by atoms with Crippen LogP contribution in [0.15, 0.2) is 18.2 Å². The monoisotopic (exact) mass is 313 g/mol. The molecule has 1 aliphatic carbocycles. The first-order valence-corrected chi connectivity index (χ1v) is 8.24. The summed E-state index contributed by atoms with van der Waals surface area (Å²) in [7, 11) is 4.40. The van der Waals surface area contributed by atoms with Gasteiger partial charge in [0.15, 0.2) is 0 Å². The molecule has 1 aromatic carbocycles. The molecule has 1 fully saturated rings. The van der Waals surface area contributed by atoms with Crippen LogP contribution in [0.2, 0.25) is 10.0 Å². The van der Waals surface area contributed by atoms with Crippen LogP contribution in [0.1, 0.15) is 45.1 Å². The lowest BCUT2D eigenvalue weighted by Gasteiger charge is -2.51. The van der Waals surface area contributed by atoms with E-state index < -0.39 is 0 Å². The second-order valence-electron chi connectivity index (χ2n) is 6.75. The molecular weight excluding hydrogens is 289 g/mol. The number of benzene rings is 1. The van der Waals surface area contributed by atoms with Gasteiger partial charge in [-0.3, -0.25) is 0 Å². The maximum Gasteiger partial charge on any atom is 0.0595 e. The summed E-state index contributed by atoms with van der Waals surface area (Å²) >= 11 is 12.3. The van der Waals surface area contributed by atoms with Crippen molar-refractivity contribution < 1.29 is 0 Å². The number of hydrogen-bond donors (Lipinski definition) is 0. The Morgan fingerprint density at radius 2 is 1.80 bits per heavy atom. The van der Waals surface area contributed by atoms with E-state index in [0.717, 1.165) is 0 Å². The highest BCUT2D eigenvalue weighted by molar-refractivity contribution is 6.42. The second-order valence-corrected chi connectivity index (χ2v) is 7.56. The van der Waals surface area contributed by atoms with E-state index in [-0.39, 0.29) is 5.41 Å². The van der Waals surface area contributed by atoms with Crippen molar-refractivity contribution >= 4 is 23.2 Å². The molecule has 1 unspecified atom stereocenters. The number of nitrogens with zero attached hydrogens (tertiary/aromatic N) is 1. The first-order chi connectivity index (χ1) is 9.36. The SMILES string of the molecule is CC(C)CC(N(C)C)C1(c2ccc(Cl)c(Cl)c2)CCC1. The van der Waals surface area contributed by atoms with Gasteiger partial charge in [0, 0.05) is 11.5 Å². The summed E-state index contributed by atoms with van der Waals surface area (Å²) in [5, 5.41) is 1.33. The lowest BCUT2D eigenvalue weighted by molar-refractivity contribution is 0.0808. The van der Waals surface area contributed by atoms with Crippen molar-refractivity contribution in [2.24, 2.45) is 5.92 Å². The number of rotatable bonds is 5. The molecule has 2 rings (SSSR count). The predicted octanol–water partition coefficient (Wildman–Crippen LogP) is 5.39. The van der Waals surface area contributed by atoms with E-state index in [1.165, 1.54) is 31.2 Å². The highest BCUT2D eigenvalue weighted by atomic mass is 35.5. The molecule has 0 N–H and O–H groups in total. The summed E-state index contributed by atoms with van der Waals surface area (Å²) < 4.78 is 0. The summed E-state index contributed by atoms with van der Waals surface area (Å²) in [6.07, 6.45) is 5.02. The fraction of sp³-hybridized carbons (Fsp3) is 0.647. The first kappa shape index (κ1) is 16.1. The van der Waals surface area contributed by atoms with Gasteiger partial charge in [0.25, 0.3) is 0 Å². The molecule has 1 aliphatic rings. The van der Waals surface area contributed by atoms with E-state index >= 15 is 0 Å². The first-order valence-electron chi connectivity index (χ1n) is 7.49. The molecule has 0 saturated heterocycles. The summed E-state index contributed by atoms with van der Waals surface area (Å²) in [5.74, 6) is 0.697. The van der Waals surface area contributed by atoms with Gasteiger partial charge in [-0.05, 0) is 57.0 Å². The fourth-order valence-electron chi connectivity index (χ4n) is 3.55. The minimum Gasteiger partial charge on any atom is -0.306 e.